The number of carbonyl (C=O) groups excluding carboxylic acids is 2. The van der Waals surface area contributed by atoms with Gasteiger partial charge in [-0.1, -0.05) is 0 Å². The lowest BCUT2D eigenvalue weighted by Gasteiger charge is -2.38. The number of benzene rings is 1. The Hall–Kier alpha value is -2.43. The van der Waals surface area contributed by atoms with E-state index in [0.29, 0.717) is 31.6 Å². The maximum absolute atomic E-state index is 12.8. The van der Waals surface area contributed by atoms with Crippen LogP contribution < -0.4 is 10.6 Å². The van der Waals surface area contributed by atoms with E-state index >= 15 is 0 Å². The van der Waals surface area contributed by atoms with Crippen molar-refractivity contribution < 1.29 is 14.3 Å². The van der Waals surface area contributed by atoms with Gasteiger partial charge in [-0.2, -0.15) is 5.26 Å². The topological polar surface area (TPSA) is 99.7 Å². The zero-order chi connectivity index (χ0) is 17.3. The van der Waals surface area contributed by atoms with Crippen molar-refractivity contribution in [2.24, 2.45) is 5.73 Å². The first kappa shape index (κ1) is 16.4. The maximum atomic E-state index is 12.8. The quantitative estimate of drug-likeness (QED) is 0.857. The van der Waals surface area contributed by atoms with Crippen LogP contribution in [0, 0.1) is 11.3 Å². The highest BCUT2D eigenvalue weighted by Crippen LogP contribution is 2.26. The number of anilines is 1. The molecule has 1 aromatic carbocycles. The molecule has 126 valence electrons. The van der Waals surface area contributed by atoms with Crippen molar-refractivity contribution in [2.75, 3.05) is 24.5 Å². The summed E-state index contributed by atoms with van der Waals surface area (Å²) in [6.07, 6.45) is -0.129. The Morgan fingerprint density at radius 1 is 1.33 bits per heavy atom. The Bertz CT molecular complexity index is 682. The number of rotatable bonds is 3. The van der Waals surface area contributed by atoms with E-state index in [9.17, 15) is 9.59 Å². The highest BCUT2D eigenvalue weighted by Gasteiger charge is 2.41. The minimum atomic E-state index is -0.675. The molecule has 7 heteroatoms. The fraction of sp³-hybridized carbons (Fsp3) is 0.471. The third-order valence-corrected chi connectivity index (χ3v) is 4.53. The van der Waals surface area contributed by atoms with Crippen LogP contribution in [-0.2, 0) is 14.3 Å². The van der Waals surface area contributed by atoms with E-state index in [4.69, 9.17) is 15.7 Å². The van der Waals surface area contributed by atoms with Crippen molar-refractivity contribution in [1.82, 2.24) is 4.90 Å². The van der Waals surface area contributed by atoms with Gasteiger partial charge >= 0.3 is 0 Å². The molecule has 0 aromatic heterocycles. The number of carbonyl (C=O) groups is 2. The van der Waals surface area contributed by atoms with Crippen LogP contribution in [0.5, 0.6) is 0 Å². The summed E-state index contributed by atoms with van der Waals surface area (Å²) in [5.74, 6) is -0.488. The Morgan fingerprint density at radius 3 is 2.67 bits per heavy atom. The predicted octanol–water partition coefficient (Wildman–Crippen LogP) is 0.238. The molecule has 0 spiro atoms. The number of ether oxygens (including phenoxy) is 1. The molecule has 2 amide bonds. The van der Waals surface area contributed by atoms with Gasteiger partial charge in [-0.25, -0.2) is 0 Å². The molecule has 3 rings (SSSR count). The van der Waals surface area contributed by atoms with E-state index in [2.05, 4.69) is 6.07 Å². The lowest BCUT2D eigenvalue weighted by molar-refractivity contribution is -0.147. The Balaban J connectivity index is 1.73. The third kappa shape index (κ3) is 3.11. The first-order valence-electron chi connectivity index (χ1n) is 8.00. The zero-order valence-corrected chi connectivity index (χ0v) is 13.5. The van der Waals surface area contributed by atoms with Gasteiger partial charge in [0.2, 0.25) is 11.8 Å². The molecule has 2 heterocycles. The van der Waals surface area contributed by atoms with Gasteiger partial charge in [-0.05, 0) is 37.6 Å². The summed E-state index contributed by atoms with van der Waals surface area (Å²) in [6.45, 7) is 3.43. The summed E-state index contributed by atoms with van der Waals surface area (Å²) in [6, 6.07) is 8.78. The van der Waals surface area contributed by atoms with E-state index in [1.165, 1.54) is 0 Å². The van der Waals surface area contributed by atoms with E-state index in [0.717, 1.165) is 5.69 Å². The fourth-order valence-electron chi connectivity index (χ4n) is 3.37. The Morgan fingerprint density at radius 2 is 2.04 bits per heavy atom. The molecular formula is C17H20N4O3. The number of hydrogen-bond donors (Lipinski definition) is 1. The molecule has 24 heavy (non-hydrogen) atoms. The third-order valence-electron chi connectivity index (χ3n) is 4.53. The lowest BCUT2D eigenvalue weighted by Crippen LogP contribution is -2.56. The molecule has 3 unspecified atom stereocenters. The molecule has 0 bridgehead atoms. The highest BCUT2D eigenvalue weighted by molar-refractivity contribution is 5.99. The average molecular weight is 328 g/mol. The second-order valence-electron chi connectivity index (χ2n) is 6.24. The van der Waals surface area contributed by atoms with Gasteiger partial charge in [-0.3, -0.25) is 14.5 Å². The molecule has 3 atom stereocenters. The minimum absolute atomic E-state index is 0.0111. The van der Waals surface area contributed by atoms with Crippen LogP contribution in [0.3, 0.4) is 0 Å². The molecule has 2 saturated heterocycles. The van der Waals surface area contributed by atoms with Crippen LogP contribution in [0.2, 0.25) is 0 Å². The summed E-state index contributed by atoms with van der Waals surface area (Å²) in [4.78, 5) is 28.0. The predicted molar refractivity (Wildman–Crippen MR) is 87.0 cm³/mol. The van der Waals surface area contributed by atoms with Crippen LogP contribution in [0.4, 0.5) is 5.69 Å². The smallest absolute Gasteiger partial charge is 0.247 e. The second-order valence-corrected chi connectivity index (χ2v) is 6.24. The van der Waals surface area contributed by atoms with Crippen molar-refractivity contribution in [3.8, 4) is 6.07 Å². The summed E-state index contributed by atoms with van der Waals surface area (Å²) in [5.41, 5.74) is 6.71. The molecule has 2 fully saturated rings. The number of hydrogen-bond acceptors (Lipinski definition) is 5. The van der Waals surface area contributed by atoms with E-state index in [1.54, 1.807) is 29.2 Å². The molecule has 0 aliphatic carbocycles. The van der Waals surface area contributed by atoms with Gasteiger partial charge in [-0.15, -0.1) is 0 Å². The highest BCUT2D eigenvalue weighted by atomic mass is 16.5. The number of nitriles is 1. The van der Waals surface area contributed by atoms with Crippen LogP contribution in [0.15, 0.2) is 24.3 Å². The zero-order valence-electron chi connectivity index (χ0n) is 13.5. The number of amides is 2. The molecule has 1 aromatic rings. The lowest BCUT2D eigenvalue weighted by atomic mass is 10.1. The molecule has 2 N–H and O–H groups in total. The largest absolute Gasteiger partial charge is 0.367 e. The number of nitrogens with two attached hydrogens (primary N) is 1. The standard InChI is InChI=1S/C17H20N4O3/c1-11-9-20(10-15(24-11)16(19)22)14-6-7-21(17(14)23)13-4-2-12(8-18)3-5-13/h2-5,11,14-15H,6-7,9-10H2,1H3,(H2,19,22). The molecule has 2 aliphatic heterocycles. The van der Waals surface area contributed by atoms with Gasteiger partial charge < -0.3 is 15.4 Å². The van der Waals surface area contributed by atoms with E-state index in [1.807, 2.05) is 11.8 Å². The summed E-state index contributed by atoms with van der Waals surface area (Å²) < 4.78 is 5.54. The molecule has 2 aliphatic rings. The van der Waals surface area contributed by atoms with Crippen LogP contribution in [0.1, 0.15) is 18.9 Å². The first-order chi connectivity index (χ1) is 11.5. The number of morpholine rings is 1. The molecular weight excluding hydrogens is 308 g/mol. The van der Waals surface area contributed by atoms with Crippen LogP contribution in [0.25, 0.3) is 0 Å². The Kier molecular flexibility index (Phi) is 4.51. The normalized spacial score (nSPS) is 27.9. The average Bonchev–Trinajstić information content (AvgIpc) is 2.96. The Labute approximate surface area is 140 Å². The summed E-state index contributed by atoms with van der Waals surface area (Å²) >= 11 is 0. The van der Waals surface area contributed by atoms with Crippen molar-refractivity contribution in [1.29, 1.82) is 5.26 Å². The SMILES string of the molecule is CC1CN(C2CCN(c3ccc(C#N)cc3)C2=O)CC(C(N)=O)O1. The number of primary amides is 1. The van der Waals surface area contributed by atoms with E-state index < -0.39 is 12.0 Å². The molecule has 7 nitrogen and oxygen atoms in total. The maximum Gasteiger partial charge on any atom is 0.247 e. The number of nitrogens with zero attached hydrogens (tertiary/aromatic N) is 3. The van der Waals surface area contributed by atoms with Crippen molar-refractivity contribution in [3.63, 3.8) is 0 Å². The summed E-state index contributed by atoms with van der Waals surface area (Å²) in [7, 11) is 0. The van der Waals surface area contributed by atoms with Gasteiger partial charge in [0.15, 0.2) is 0 Å². The van der Waals surface area contributed by atoms with Gasteiger partial charge in [0, 0.05) is 25.3 Å². The van der Waals surface area contributed by atoms with Gasteiger partial charge in [0.25, 0.3) is 0 Å². The van der Waals surface area contributed by atoms with Crippen molar-refractivity contribution in [2.45, 2.75) is 31.6 Å². The molecule has 0 radical (unpaired) electrons. The monoisotopic (exact) mass is 328 g/mol. The van der Waals surface area contributed by atoms with Crippen LogP contribution >= 0.6 is 0 Å². The van der Waals surface area contributed by atoms with Crippen molar-refractivity contribution >= 4 is 17.5 Å². The second kappa shape index (κ2) is 6.59. The first-order valence-corrected chi connectivity index (χ1v) is 8.00. The molecule has 0 saturated carbocycles. The fourth-order valence-corrected chi connectivity index (χ4v) is 3.37. The van der Waals surface area contributed by atoms with E-state index in [-0.39, 0.29) is 18.1 Å². The summed E-state index contributed by atoms with van der Waals surface area (Å²) in [5, 5.41) is 8.87. The minimum Gasteiger partial charge on any atom is -0.367 e. The van der Waals surface area contributed by atoms with Crippen LogP contribution in [-0.4, -0.2) is 54.6 Å². The van der Waals surface area contributed by atoms with Gasteiger partial charge in [0.1, 0.15) is 6.10 Å². The van der Waals surface area contributed by atoms with Gasteiger partial charge in [0.05, 0.1) is 23.8 Å². The van der Waals surface area contributed by atoms with Crippen molar-refractivity contribution in [3.05, 3.63) is 29.8 Å².